The summed E-state index contributed by atoms with van der Waals surface area (Å²) < 4.78 is 0. The van der Waals surface area contributed by atoms with Crippen LogP contribution in [0.1, 0.15) is 43.5 Å². The second-order valence-corrected chi connectivity index (χ2v) is 6.69. The molecule has 1 aliphatic heterocycles. The molecule has 1 aliphatic carbocycles. The van der Waals surface area contributed by atoms with E-state index in [4.69, 9.17) is 0 Å². The molecule has 1 unspecified atom stereocenters. The van der Waals surface area contributed by atoms with Crippen LogP contribution in [0.15, 0.2) is 18.2 Å². The van der Waals surface area contributed by atoms with Gasteiger partial charge < -0.3 is 16.0 Å². The summed E-state index contributed by atoms with van der Waals surface area (Å²) in [5, 5.41) is 9.81. The highest BCUT2D eigenvalue weighted by Crippen LogP contribution is 2.37. The highest BCUT2D eigenvalue weighted by atomic mass is 16.1. The van der Waals surface area contributed by atoms with E-state index in [2.05, 4.69) is 29.8 Å². The van der Waals surface area contributed by atoms with Gasteiger partial charge in [0.25, 0.3) is 5.91 Å². The Hall–Kier alpha value is -1.71. The number of rotatable bonds is 2. The number of anilines is 2. The summed E-state index contributed by atoms with van der Waals surface area (Å²) in [6, 6.07) is 6.14. The normalized spacial score (nSPS) is 23.4. The Morgan fingerprint density at radius 2 is 2.00 bits per heavy atom. The van der Waals surface area contributed by atoms with E-state index in [1.165, 1.54) is 6.42 Å². The second-order valence-electron chi connectivity index (χ2n) is 6.69. The molecular formula is C16H23N3O. The van der Waals surface area contributed by atoms with Crippen molar-refractivity contribution in [1.82, 2.24) is 5.32 Å². The first-order chi connectivity index (χ1) is 9.53. The summed E-state index contributed by atoms with van der Waals surface area (Å²) in [5.74, 6) is 0.0443. The van der Waals surface area contributed by atoms with Crippen LogP contribution in [0.25, 0.3) is 0 Å². The molecule has 1 heterocycles. The van der Waals surface area contributed by atoms with Crippen LogP contribution in [-0.2, 0) is 0 Å². The third-order valence-corrected chi connectivity index (χ3v) is 4.34. The molecule has 1 fully saturated rings. The third kappa shape index (κ3) is 2.74. The maximum atomic E-state index is 12.3. The second kappa shape index (κ2) is 5.00. The van der Waals surface area contributed by atoms with E-state index in [1.807, 2.05) is 18.2 Å². The lowest BCUT2D eigenvalue weighted by Crippen LogP contribution is -2.33. The number of hydrogen-bond acceptors (Lipinski definition) is 3. The van der Waals surface area contributed by atoms with E-state index in [9.17, 15) is 4.79 Å². The number of hydrogen-bond donors (Lipinski definition) is 3. The van der Waals surface area contributed by atoms with Gasteiger partial charge in [-0.15, -0.1) is 0 Å². The van der Waals surface area contributed by atoms with Crippen LogP contribution in [-0.4, -0.2) is 25.0 Å². The fourth-order valence-electron chi connectivity index (χ4n) is 3.21. The van der Waals surface area contributed by atoms with Gasteiger partial charge in [0.2, 0.25) is 0 Å². The number of benzene rings is 1. The van der Waals surface area contributed by atoms with Crippen LogP contribution in [0.3, 0.4) is 0 Å². The summed E-state index contributed by atoms with van der Waals surface area (Å²) >= 11 is 0. The van der Waals surface area contributed by atoms with Gasteiger partial charge in [0.1, 0.15) is 0 Å². The Bertz CT molecular complexity index is 524. The molecule has 4 heteroatoms. The van der Waals surface area contributed by atoms with Crippen LogP contribution >= 0.6 is 0 Å². The molecule has 0 aromatic heterocycles. The van der Waals surface area contributed by atoms with Crippen LogP contribution in [0.2, 0.25) is 0 Å². The predicted octanol–water partition coefficient (Wildman–Crippen LogP) is 2.83. The lowest BCUT2D eigenvalue weighted by Gasteiger charge is -2.21. The standard InChI is InChI=1S/C16H23N3O/c1-16(2)6-5-12(10-16)19-15(20)11-3-4-13-14(9-11)18-8-7-17-13/h3-4,9,12,17-18H,5-8,10H2,1-2H3,(H,19,20). The molecular weight excluding hydrogens is 250 g/mol. The zero-order chi connectivity index (χ0) is 14.2. The minimum Gasteiger partial charge on any atom is -0.382 e. The first kappa shape index (κ1) is 13.3. The van der Waals surface area contributed by atoms with Gasteiger partial charge >= 0.3 is 0 Å². The Morgan fingerprint density at radius 1 is 1.25 bits per heavy atom. The summed E-state index contributed by atoms with van der Waals surface area (Å²) in [4.78, 5) is 12.3. The minimum atomic E-state index is 0.0443. The lowest BCUT2D eigenvalue weighted by atomic mass is 9.92. The third-order valence-electron chi connectivity index (χ3n) is 4.34. The molecule has 0 spiro atoms. The SMILES string of the molecule is CC1(C)CCC(NC(=O)c2ccc3c(c2)NCCN3)C1. The summed E-state index contributed by atoms with van der Waals surface area (Å²) in [6.45, 7) is 6.37. The highest BCUT2D eigenvalue weighted by molar-refractivity contribution is 5.96. The maximum Gasteiger partial charge on any atom is 0.251 e. The first-order valence-corrected chi connectivity index (χ1v) is 7.46. The van der Waals surface area contributed by atoms with Crippen molar-refractivity contribution in [1.29, 1.82) is 0 Å². The smallest absolute Gasteiger partial charge is 0.251 e. The van der Waals surface area contributed by atoms with Crippen molar-refractivity contribution in [2.45, 2.75) is 39.2 Å². The molecule has 3 rings (SSSR count). The summed E-state index contributed by atoms with van der Waals surface area (Å²) in [7, 11) is 0. The van der Waals surface area contributed by atoms with Gasteiger partial charge in [0.05, 0.1) is 11.4 Å². The molecule has 1 aromatic carbocycles. The fraction of sp³-hybridized carbons (Fsp3) is 0.562. The van der Waals surface area contributed by atoms with Gasteiger partial charge in [0.15, 0.2) is 0 Å². The highest BCUT2D eigenvalue weighted by Gasteiger charge is 2.31. The summed E-state index contributed by atoms with van der Waals surface area (Å²) in [5.41, 5.74) is 3.20. The molecule has 4 nitrogen and oxygen atoms in total. The van der Waals surface area contributed by atoms with Gasteiger partial charge in [-0.1, -0.05) is 13.8 Å². The Balaban J connectivity index is 1.68. The average molecular weight is 273 g/mol. The van der Waals surface area contributed by atoms with Crippen LogP contribution in [0.4, 0.5) is 11.4 Å². The Labute approximate surface area is 120 Å². The van der Waals surface area contributed by atoms with Crippen molar-refractivity contribution in [3.05, 3.63) is 23.8 Å². The van der Waals surface area contributed by atoms with Crippen molar-refractivity contribution in [3.63, 3.8) is 0 Å². The zero-order valence-corrected chi connectivity index (χ0v) is 12.3. The molecule has 1 atom stereocenters. The van der Waals surface area contributed by atoms with Gasteiger partial charge in [-0.25, -0.2) is 0 Å². The predicted molar refractivity (Wildman–Crippen MR) is 82.3 cm³/mol. The van der Waals surface area contributed by atoms with Crippen LogP contribution in [0, 0.1) is 5.41 Å². The number of amides is 1. The molecule has 0 bridgehead atoms. The van der Waals surface area contributed by atoms with Crippen molar-refractivity contribution in [2.24, 2.45) is 5.41 Å². The first-order valence-electron chi connectivity index (χ1n) is 7.46. The fourth-order valence-corrected chi connectivity index (χ4v) is 3.21. The number of carbonyl (C=O) groups is 1. The summed E-state index contributed by atoms with van der Waals surface area (Å²) in [6.07, 6.45) is 3.35. The lowest BCUT2D eigenvalue weighted by molar-refractivity contribution is 0.0936. The number of carbonyl (C=O) groups excluding carboxylic acids is 1. The van der Waals surface area contributed by atoms with E-state index < -0.39 is 0 Å². The van der Waals surface area contributed by atoms with Crippen molar-refractivity contribution < 1.29 is 4.79 Å². The van der Waals surface area contributed by atoms with Crippen molar-refractivity contribution >= 4 is 17.3 Å². The van der Waals surface area contributed by atoms with Crippen LogP contribution in [0.5, 0.6) is 0 Å². The quantitative estimate of drug-likeness (QED) is 0.776. The van der Waals surface area contributed by atoms with E-state index in [1.54, 1.807) is 0 Å². The van der Waals surface area contributed by atoms with Gasteiger partial charge in [-0.3, -0.25) is 4.79 Å². The molecule has 0 saturated heterocycles. The Morgan fingerprint density at radius 3 is 2.70 bits per heavy atom. The van der Waals surface area contributed by atoms with E-state index in [-0.39, 0.29) is 5.91 Å². The molecule has 1 aromatic rings. The number of nitrogens with one attached hydrogen (secondary N) is 3. The monoisotopic (exact) mass is 273 g/mol. The van der Waals surface area contributed by atoms with E-state index >= 15 is 0 Å². The largest absolute Gasteiger partial charge is 0.382 e. The maximum absolute atomic E-state index is 12.3. The molecule has 1 amide bonds. The number of fused-ring (bicyclic) bond motifs is 1. The molecule has 2 aliphatic rings. The Kier molecular flexibility index (Phi) is 3.32. The van der Waals surface area contributed by atoms with Gasteiger partial charge in [-0.2, -0.15) is 0 Å². The van der Waals surface area contributed by atoms with Crippen LogP contribution < -0.4 is 16.0 Å². The topological polar surface area (TPSA) is 53.2 Å². The molecule has 1 saturated carbocycles. The van der Waals surface area contributed by atoms with E-state index in [0.29, 0.717) is 11.5 Å². The van der Waals surface area contributed by atoms with Gasteiger partial charge in [0, 0.05) is 24.7 Å². The molecule has 20 heavy (non-hydrogen) atoms. The van der Waals surface area contributed by atoms with E-state index in [0.717, 1.165) is 42.9 Å². The minimum absolute atomic E-state index is 0.0443. The van der Waals surface area contributed by atoms with Gasteiger partial charge in [-0.05, 0) is 42.9 Å². The van der Waals surface area contributed by atoms with Crippen molar-refractivity contribution in [3.8, 4) is 0 Å². The molecule has 108 valence electrons. The average Bonchev–Trinajstić information content (AvgIpc) is 2.77. The zero-order valence-electron chi connectivity index (χ0n) is 12.3. The van der Waals surface area contributed by atoms with Crippen molar-refractivity contribution in [2.75, 3.05) is 23.7 Å². The molecule has 3 N–H and O–H groups in total. The molecule has 0 radical (unpaired) electrons.